The van der Waals surface area contributed by atoms with Crippen LogP contribution in [0.5, 0.6) is 5.75 Å². The average Bonchev–Trinajstić information content (AvgIpc) is 2.56. The molecule has 0 atom stereocenters. The molecule has 1 fully saturated rings. The van der Waals surface area contributed by atoms with Gasteiger partial charge in [-0.3, -0.25) is 4.72 Å². The first-order valence-corrected chi connectivity index (χ1v) is 10.3. The van der Waals surface area contributed by atoms with E-state index in [2.05, 4.69) is 10.0 Å². The molecule has 0 aliphatic carbocycles. The molecule has 2 rings (SSSR count). The molecule has 1 aliphatic rings. The lowest BCUT2D eigenvalue weighted by Crippen LogP contribution is -2.34. The van der Waals surface area contributed by atoms with E-state index in [4.69, 9.17) is 14.6 Å². The zero-order valence-electron chi connectivity index (χ0n) is 15.6. The summed E-state index contributed by atoms with van der Waals surface area (Å²) in [4.78, 5) is 8.90. The van der Waals surface area contributed by atoms with Gasteiger partial charge >= 0.3 is 12.1 Å². The number of carboxylic acid groups (broad SMARTS) is 1. The maximum atomic E-state index is 12.1. The van der Waals surface area contributed by atoms with Gasteiger partial charge in [-0.15, -0.1) is 0 Å². The Kier molecular flexibility index (Phi) is 9.02. The second kappa shape index (κ2) is 10.5. The molecule has 7 nitrogen and oxygen atoms in total. The van der Waals surface area contributed by atoms with Crippen LogP contribution in [0.15, 0.2) is 24.3 Å². The van der Waals surface area contributed by atoms with Crippen molar-refractivity contribution in [1.29, 1.82) is 0 Å². The van der Waals surface area contributed by atoms with Crippen LogP contribution in [0, 0.1) is 5.92 Å². The van der Waals surface area contributed by atoms with Crippen LogP contribution in [0.4, 0.5) is 18.9 Å². The van der Waals surface area contributed by atoms with E-state index < -0.39 is 22.2 Å². The summed E-state index contributed by atoms with van der Waals surface area (Å²) in [7, 11) is -3.34. The van der Waals surface area contributed by atoms with Crippen LogP contribution in [0.2, 0.25) is 0 Å². The molecule has 1 heterocycles. The first-order valence-electron chi connectivity index (χ1n) is 8.67. The quantitative estimate of drug-likeness (QED) is 0.646. The Bertz CT molecular complexity index is 733. The third-order valence-corrected chi connectivity index (χ3v) is 5.16. The van der Waals surface area contributed by atoms with E-state index in [9.17, 15) is 21.6 Å². The Balaban J connectivity index is 0.000000480. The highest BCUT2D eigenvalue weighted by Crippen LogP contribution is 2.27. The van der Waals surface area contributed by atoms with Crippen LogP contribution in [-0.4, -0.2) is 50.6 Å². The second-order valence-corrected chi connectivity index (χ2v) is 8.41. The summed E-state index contributed by atoms with van der Waals surface area (Å²) in [6, 6.07) is 7.22. The van der Waals surface area contributed by atoms with Crippen molar-refractivity contribution in [2.45, 2.75) is 39.0 Å². The molecule has 1 saturated heterocycles. The van der Waals surface area contributed by atoms with Crippen molar-refractivity contribution in [3.8, 4) is 5.75 Å². The molecule has 0 saturated carbocycles. The SMILES string of the molecule is CC(C)CS(=O)(=O)Nc1ccccc1OC1CCNCC1.O=C(O)C(F)(F)F. The van der Waals surface area contributed by atoms with Gasteiger partial charge in [-0.25, -0.2) is 13.2 Å². The topological polar surface area (TPSA) is 105 Å². The normalized spacial score (nSPS) is 15.5. The van der Waals surface area contributed by atoms with Gasteiger partial charge in [-0.2, -0.15) is 13.2 Å². The number of para-hydroxylation sites is 2. The second-order valence-electron chi connectivity index (χ2n) is 6.64. The maximum absolute atomic E-state index is 12.1. The lowest BCUT2D eigenvalue weighted by atomic mass is 10.1. The molecule has 3 N–H and O–H groups in total. The number of rotatable bonds is 6. The van der Waals surface area contributed by atoms with Crippen molar-refractivity contribution in [1.82, 2.24) is 5.32 Å². The molecule has 28 heavy (non-hydrogen) atoms. The number of benzene rings is 1. The summed E-state index contributed by atoms with van der Waals surface area (Å²) in [5, 5.41) is 10.4. The third-order valence-electron chi connectivity index (χ3n) is 3.53. The van der Waals surface area contributed by atoms with E-state index in [1.807, 2.05) is 32.0 Å². The number of carboxylic acids is 1. The molecule has 0 spiro atoms. The molecule has 0 unspecified atom stereocenters. The number of sulfonamides is 1. The fraction of sp³-hybridized carbons (Fsp3) is 0.588. The smallest absolute Gasteiger partial charge is 0.488 e. The Hall–Kier alpha value is -2.01. The summed E-state index contributed by atoms with van der Waals surface area (Å²) < 4.78 is 64.5. The van der Waals surface area contributed by atoms with Crippen molar-refractivity contribution in [3.05, 3.63) is 24.3 Å². The van der Waals surface area contributed by atoms with E-state index in [-0.39, 0.29) is 17.8 Å². The van der Waals surface area contributed by atoms with Crippen LogP contribution < -0.4 is 14.8 Å². The van der Waals surface area contributed by atoms with E-state index >= 15 is 0 Å². The number of aliphatic carboxylic acids is 1. The van der Waals surface area contributed by atoms with Crippen LogP contribution in [0.25, 0.3) is 0 Å². The molecule has 1 aliphatic heterocycles. The highest BCUT2D eigenvalue weighted by molar-refractivity contribution is 7.92. The summed E-state index contributed by atoms with van der Waals surface area (Å²) in [5.41, 5.74) is 0.525. The van der Waals surface area contributed by atoms with Gasteiger partial charge in [0, 0.05) is 0 Å². The average molecular weight is 426 g/mol. The maximum Gasteiger partial charge on any atom is 0.490 e. The monoisotopic (exact) mass is 426 g/mol. The number of carbonyl (C=O) groups is 1. The standard InChI is InChI=1S/C15H24N2O3S.C2HF3O2/c1-12(2)11-21(18,19)17-14-5-3-4-6-15(14)20-13-7-9-16-10-8-13;3-2(4,5)1(6)7/h3-6,12-13,16-17H,7-11H2,1-2H3;(H,6,7). The van der Waals surface area contributed by atoms with Gasteiger partial charge in [-0.05, 0) is 44.0 Å². The van der Waals surface area contributed by atoms with Crippen molar-refractivity contribution < 1.29 is 36.2 Å². The highest BCUT2D eigenvalue weighted by atomic mass is 32.2. The van der Waals surface area contributed by atoms with Crippen LogP contribution >= 0.6 is 0 Å². The Morgan fingerprint density at radius 2 is 1.82 bits per heavy atom. The molecule has 1 aromatic carbocycles. The zero-order chi connectivity index (χ0) is 21.4. The van der Waals surface area contributed by atoms with Gasteiger partial charge in [-0.1, -0.05) is 26.0 Å². The fourth-order valence-corrected chi connectivity index (χ4v) is 3.86. The van der Waals surface area contributed by atoms with Crippen molar-refractivity contribution in [3.63, 3.8) is 0 Å². The molecule has 160 valence electrons. The van der Waals surface area contributed by atoms with Crippen molar-refractivity contribution >= 4 is 21.7 Å². The van der Waals surface area contributed by atoms with E-state index in [0.717, 1.165) is 25.9 Å². The number of ether oxygens (including phenoxy) is 1. The number of alkyl halides is 3. The first-order chi connectivity index (χ1) is 12.9. The van der Waals surface area contributed by atoms with Crippen molar-refractivity contribution in [2.24, 2.45) is 5.92 Å². The number of nitrogens with one attached hydrogen (secondary N) is 2. The Labute approximate surface area is 162 Å². The third kappa shape index (κ3) is 9.27. The Morgan fingerprint density at radius 3 is 2.32 bits per heavy atom. The van der Waals surface area contributed by atoms with Crippen LogP contribution in [0.1, 0.15) is 26.7 Å². The minimum atomic E-state index is -5.08. The lowest BCUT2D eigenvalue weighted by Gasteiger charge is -2.25. The van der Waals surface area contributed by atoms with Gasteiger partial charge in [0.15, 0.2) is 0 Å². The predicted molar refractivity (Wildman–Crippen MR) is 98.9 cm³/mol. The summed E-state index contributed by atoms with van der Waals surface area (Å²) in [6.45, 7) is 5.64. The minimum Gasteiger partial charge on any atom is -0.488 e. The molecule has 11 heteroatoms. The van der Waals surface area contributed by atoms with Crippen molar-refractivity contribution in [2.75, 3.05) is 23.6 Å². The minimum absolute atomic E-state index is 0.0833. The number of halogens is 3. The van der Waals surface area contributed by atoms with E-state index in [0.29, 0.717) is 11.4 Å². The molecular weight excluding hydrogens is 401 g/mol. The predicted octanol–water partition coefficient (Wildman–Crippen LogP) is 2.85. The molecular formula is C17H25F3N2O5S. The van der Waals surface area contributed by atoms with E-state index in [1.54, 1.807) is 6.07 Å². The highest BCUT2D eigenvalue weighted by Gasteiger charge is 2.38. The van der Waals surface area contributed by atoms with Gasteiger partial charge in [0.05, 0.1) is 11.4 Å². The number of hydrogen-bond acceptors (Lipinski definition) is 5. The van der Waals surface area contributed by atoms with Crippen LogP contribution in [-0.2, 0) is 14.8 Å². The fourth-order valence-electron chi connectivity index (χ4n) is 2.39. The van der Waals surface area contributed by atoms with Gasteiger partial charge in [0.2, 0.25) is 10.0 Å². The van der Waals surface area contributed by atoms with Gasteiger partial charge in [0.1, 0.15) is 11.9 Å². The molecule has 0 radical (unpaired) electrons. The first kappa shape index (κ1) is 24.0. The number of anilines is 1. The molecule has 1 aromatic rings. The van der Waals surface area contributed by atoms with E-state index in [1.165, 1.54) is 0 Å². The Morgan fingerprint density at radius 1 is 1.29 bits per heavy atom. The number of piperidine rings is 1. The molecule has 0 amide bonds. The van der Waals surface area contributed by atoms with Gasteiger partial charge in [0.25, 0.3) is 0 Å². The summed E-state index contributed by atoms with van der Waals surface area (Å²) in [5.74, 6) is -1.96. The lowest BCUT2D eigenvalue weighted by molar-refractivity contribution is -0.192. The molecule has 0 bridgehead atoms. The molecule has 0 aromatic heterocycles. The largest absolute Gasteiger partial charge is 0.490 e. The summed E-state index contributed by atoms with van der Waals surface area (Å²) >= 11 is 0. The van der Waals surface area contributed by atoms with Gasteiger partial charge < -0.3 is 15.2 Å². The zero-order valence-corrected chi connectivity index (χ0v) is 16.4. The number of hydrogen-bond donors (Lipinski definition) is 3. The summed E-state index contributed by atoms with van der Waals surface area (Å²) in [6.07, 6.45) is -3.07. The van der Waals surface area contributed by atoms with Crippen LogP contribution in [0.3, 0.4) is 0 Å².